The summed E-state index contributed by atoms with van der Waals surface area (Å²) >= 11 is 0. The molecule has 0 spiro atoms. The van der Waals surface area contributed by atoms with Crippen LogP contribution in [0.15, 0.2) is 42.9 Å². The van der Waals surface area contributed by atoms with Crippen LogP contribution in [0.2, 0.25) is 0 Å². The van der Waals surface area contributed by atoms with Crippen molar-refractivity contribution in [3.8, 4) is 5.95 Å². The number of rotatable bonds is 3. The zero-order valence-corrected chi connectivity index (χ0v) is 9.83. The standard InChI is InChI=1S/C12H12N6/c1-9-8-11(15-10-4-5-13-17-10)16-12(14-9)18-6-2-3-7-18/h2-8H,1H3,(H2,13,14,15,16,17). The largest absolute Gasteiger partial charge is 0.325 e. The first kappa shape index (κ1) is 10.5. The van der Waals surface area contributed by atoms with Crippen LogP contribution in [0.25, 0.3) is 5.95 Å². The topological polar surface area (TPSA) is 71.4 Å². The fraction of sp³-hybridized carbons (Fsp3) is 0.0833. The molecule has 0 amide bonds. The number of aryl methyl sites for hydroxylation is 1. The molecule has 0 radical (unpaired) electrons. The number of nitrogens with one attached hydrogen (secondary N) is 2. The van der Waals surface area contributed by atoms with Crippen LogP contribution < -0.4 is 5.32 Å². The monoisotopic (exact) mass is 240 g/mol. The molecule has 0 aromatic carbocycles. The highest BCUT2D eigenvalue weighted by Crippen LogP contribution is 2.14. The zero-order valence-electron chi connectivity index (χ0n) is 9.83. The Hall–Kier alpha value is -2.63. The Morgan fingerprint density at radius 2 is 2.06 bits per heavy atom. The van der Waals surface area contributed by atoms with Crippen LogP contribution in [0, 0.1) is 6.92 Å². The number of aromatic amines is 1. The number of nitrogens with zero attached hydrogens (tertiary/aromatic N) is 4. The van der Waals surface area contributed by atoms with Gasteiger partial charge in [-0.2, -0.15) is 10.1 Å². The predicted molar refractivity (Wildman–Crippen MR) is 68.0 cm³/mol. The Balaban J connectivity index is 1.96. The Morgan fingerprint density at radius 3 is 2.78 bits per heavy atom. The van der Waals surface area contributed by atoms with Crippen molar-refractivity contribution in [3.05, 3.63) is 48.5 Å². The smallest absolute Gasteiger partial charge is 0.235 e. The fourth-order valence-electron chi connectivity index (χ4n) is 1.66. The van der Waals surface area contributed by atoms with E-state index in [1.54, 1.807) is 6.20 Å². The fourth-order valence-corrected chi connectivity index (χ4v) is 1.66. The third kappa shape index (κ3) is 2.08. The van der Waals surface area contributed by atoms with Crippen LogP contribution in [0.5, 0.6) is 0 Å². The summed E-state index contributed by atoms with van der Waals surface area (Å²) in [6.07, 6.45) is 5.51. The Morgan fingerprint density at radius 1 is 1.22 bits per heavy atom. The minimum Gasteiger partial charge on any atom is -0.325 e. The highest BCUT2D eigenvalue weighted by atomic mass is 15.2. The third-order valence-electron chi connectivity index (χ3n) is 2.44. The van der Waals surface area contributed by atoms with Gasteiger partial charge in [0.05, 0.1) is 6.20 Å². The van der Waals surface area contributed by atoms with Crippen LogP contribution >= 0.6 is 0 Å². The van der Waals surface area contributed by atoms with Gasteiger partial charge in [0.2, 0.25) is 5.95 Å². The second-order valence-electron chi connectivity index (χ2n) is 3.88. The van der Waals surface area contributed by atoms with Gasteiger partial charge in [-0.25, -0.2) is 4.98 Å². The zero-order chi connectivity index (χ0) is 12.4. The molecule has 0 aliphatic heterocycles. The molecule has 2 N–H and O–H groups in total. The van der Waals surface area contributed by atoms with Gasteiger partial charge in [-0.05, 0) is 19.1 Å². The van der Waals surface area contributed by atoms with Crippen molar-refractivity contribution >= 4 is 11.6 Å². The molecular weight excluding hydrogens is 228 g/mol. The summed E-state index contributed by atoms with van der Waals surface area (Å²) < 4.78 is 1.87. The van der Waals surface area contributed by atoms with Crippen LogP contribution in [0.4, 0.5) is 11.6 Å². The van der Waals surface area contributed by atoms with Gasteiger partial charge in [-0.15, -0.1) is 0 Å². The van der Waals surface area contributed by atoms with Crippen molar-refractivity contribution in [2.75, 3.05) is 5.32 Å². The first-order chi connectivity index (χ1) is 8.81. The summed E-state index contributed by atoms with van der Waals surface area (Å²) in [7, 11) is 0. The van der Waals surface area contributed by atoms with Gasteiger partial charge in [0.15, 0.2) is 0 Å². The predicted octanol–water partition coefficient (Wildman–Crippen LogP) is 2.04. The molecule has 3 aromatic rings. The van der Waals surface area contributed by atoms with Crippen molar-refractivity contribution in [3.63, 3.8) is 0 Å². The summed E-state index contributed by atoms with van der Waals surface area (Å²) in [5.41, 5.74) is 0.899. The average Bonchev–Trinajstić information content (AvgIpc) is 3.00. The molecule has 0 aliphatic carbocycles. The first-order valence-electron chi connectivity index (χ1n) is 5.57. The molecular formula is C12H12N6. The van der Waals surface area contributed by atoms with Gasteiger partial charge >= 0.3 is 0 Å². The van der Waals surface area contributed by atoms with E-state index in [-0.39, 0.29) is 0 Å². The summed E-state index contributed by atoms with van der Waals surface area (Å²) in [6.45, 7) is 1.94. The van der Waals surface area contributed by atoms with Crippen molar-refractivity contribution in [2.45, 2.75) is 6.92 Å². The maximum atomic E-state index is 4.44. The summed E-state index contributed by atoms with van der Waals surface area (Å²) in [5.74, 6) is 2.17. The van der Waals surface area contributed by atoms with E-state index < -0.39 is 0 Å². The number of H-pyrrole nitrogens is 1. The summed E-state index contributed by atoms with van der Waals surface area (Å²) in [6, 6.07) is 7.60. The van der Waals surface area contributed by atoms with Gasteiger partial charge in [0.25, 0.3) is 0 Å². The highest BCUT2D eigenvalue weighted by Gasteiger charge is 2.04. The van der Waals surface area contributed by atoms with E-state index in [2.05, 4.69) is 25.5 Å². The lowest BCUT2D eigenvalue weighted by Crippen LogP contribution is -2.03. The van der Waals surface area contributed by atoms with Gasteiger partial charge in [0, 0.05) is 30.2 Å². The van der Waals surface area contributed by atoms with Crippen molar-refractivity contribution in [1.29, 1.82) is 0 Å². The lowest BCUT2D eigenvalue weighted by atomic mass is 10.4. The lowest BCUT2D eigenvalue weighted by Gasteiger charge is -2.07. The van der Waals surface area contributed by atoms with E-state index in [1.807, 2.05) is 48.1 Å². The molecule has 0 unspecified atom stereocenters. The third-order valence-corrected chi connectivity index (χ3v) is 2.44. The lowest BCUT2D eigenvalue weighted by molar-refractivity contribution is 0.920. The van der Waals surface area contributed by atoms with E-state index in [1.165, 1.54) is 0 Å². The Labute approximate surface area is 104 Å². The minimum absolute atomic E-state index is 0.641. The maximum absolute atomic E-state index is 4.44. The maximum Gasteiger partial charge on any atom is 0.235 e. The number of aromatic nitrogens is 5. The van der Waals surface area contributed by atoms with E-state index in [0.29, 0.717) is 5.95 Å². The second kappa shape index (κ2) is 4.33. The van der Waals surface area contributed by atoms with Crippen molar-refractivity contribution < 1.29 is 0 Å². The van der Waals surface area contributed by atoms with Gasteiger partial charge < -0.3 is 5.32 Å². The molecule has 90 valence electrons. The molecule has 0 saturated carbocycles. The molecule has 3 aromatic heterocycles. The van der Waals surface area contributed by atoms with Gasteiger partial charge in [-0.3, -0.25) is 9.67 Å². The van der Waals surface area contributed by atoms with Crippen LogP contribution in [0.3, 0.4) is 0 Å². The summed E-state index contributed by atoms with van der Waals surface area (Å²) in [5, 5.41) is 9.85. The van der Waals surface area contributed by atoms with E-state index >= 15 is 0 Å². The van der Waals surface area contributed by atoms with Gasteiger partial charge in [-0.1, -0.05) is 0 Å². The Kier molecular flexibility index (Phi) is 2.53. The molecule has 0 bridgehead atoms. The molecule has 6 heteroatoms. The first-order valence-corrected chi connectivity index (χ1v) is 5.57. The van der Waals surface area contributed by atoms with Crippen LogP contribution in [-0.2, 0) is 0 Å². The number of hydrogen-bond acceptors (Lipinski definition) is 4. The highest BCUT2D eigenvalue weighted by molar-refractivity contribution is 5.51. The average molecular weight is 240 g/mol. The normalized spacial score (nSPS) is 10.5. The quantitative estimate of drug-likeness (QED) is 0.735. The molecule has 0 saturated heterocycles. The minimum atomic E-state index is 0.641. The number of hydrogen-bond donors (Lipinski definition) is 2. The van der Waals surface area contributed by atoms with E-state index in [9.17, 15) is 0 Å². The van der Waals surface area contributed by atoms with Crippen LogP contribution in [0.1, 0.15) is 5.69 Å². The van der Waals surface area contributed by atoms with Crippen molar-refractivity contribution in [1.82, 2.24) is 24.7 Å². The Bertz CT molecular complexity index is 627. The SMILES string of the molecule is Cc1cc(Nc2ccn[nH]2)nc(-n2cccc2)n1. The molecule has 0 aliphatic rings. The molecule has 0 atom stereocenters. The van der Waals surface area contributed by atoms with Crippen molar-refractivity contribution in [2.24, 2.45) is 0 Å². The van der Waals surface area contributed by atoms with E-state index in [0.717, 1.165) is 17.3 Å². The van der Waals surface area contributed by atoms with Crippen LogP contribution in [-0.4, -0.2) is 24.7 Å². The second-order valence-corrected chi connectivity index (χ2v) is 3.88. The molecule has 0 fully saturated rings. The molecule has 3 heterocycles. The molecule has 3 rings (SSSR count). The molecule has 18 heavy (non-hydrogen) atoms. The van der Waals surface area contributed by atoms with E-state index in [4.69, 9.17) is 0 Å². The summed E-state index contributed by atoms with van der Waals surface area (Å²) in [4.78, 5) is 8.84. The van der Waals surface area contributed by atoms with Gasteiger partial charge in [0.1, 0.15) is 11.6 Å². The number of anilines is 2. The molecule has 6 nitrogen and oxygen atoms in total.